The summed E-state index contributed by atoms with van der Waals surface area (Å²) in [5.74, 6) is 0. The second kappa shape index (κ2) is 4.34. The maximum atomic E-state index is 9.05. The molecule has 1 aromatic carbocycles. The number of benzene rings is 1. The van der Waals surface area contributed by atoms with Crippen LogP contribution in [-0.4, -0.2) is 14.7 Å². The van der Waals surface area contributed by atoms with E-state index in [1.54, 1.807) is 0 Å². The predicted octanol–water partition coefficient (Wildman–Crippen LogP) is 2.30. The fourth-order valence-electron chi connectivity index (χ4n) is 2.59. The minimum absolute atomic E-state index is 0.112. The van der Waals surface area contributed by atoms with Crippen molar-refractivity contribution in [3.8, 4) is 0 Å². The lowest BCUT2D eigenvalue weighted by molar-refractivity contribution is 0.282. The van der Waals surface area contributed by atoms with E-state index in [1.807, 2.05) is 24.7 Å². The fourth-order valence-corrected chi connectivity index (χ4v) is 2.59. The summed E-state index contributed by atoms with van der Waals surface area (Å²) >= 11 is 0. The summed E-state index contributed by atoms with van der Waals surface area (Å²) in [4.78, 5) is 4.24. The van der Waals surface area contributed by atoms with Crippen molar-refractivity contribution in [2.75, 3.05) is 0 Å². The van der Waals surface area contributed by atoms with Gasteiger partial charge in [0.15, 0.2) is 0 Å². The van der Waals surface area contributed by atoms with Gasteiger partial charge in [-0.1, -0.05) is 24.3 Å². The molecule has 0 aliphatic carbocycles. The van der Waals surface area contributed by atoms with E-state index in [9.17, 15) is 0 Å². The molecule has 1 N–H and O–H groups in total. The molecule has 0 saturated carbocycles. The van der Waals surface area contributed by atoms with Crippen LogP contribution in [-0.2, 0) is 13.0 Å². The Hall–Kier alpha value is -1.61. The second-order valence-corrected chi connectivity index (χ2v) is 4.60. The van der Waals surface area contributed by atoms with Gasteiger partial charge in [-0.05, 0) is 30.4 Å². The molecule has 0 bridgehead atoms. The number of aromatic nitrogens is 2. The van der Waals surface area contributed by atoms with Crippen LogP contribution >= 0.6 is 0 Å². The average Bonchev–Trinajstić information content (AvgIpc) is 2.87. The summed E-state index contributed by atoms with van der Waals surface area (Å²) in [6.45, 7) is 0.112. The van der Waals surface area contributed by atoms with E-state index in [-0.39, 0.29) is 6.61 Å². The highest BCUT2D eigenvalue weighted by atomic mass is 16.3. The summed E-state index contributed by atoms with van der Waals surface area (Å²) in [6.07, 6.45) is 7.42. The molecule has 0 fully saturated rings. The van der Waals surface area contributed by atoms with Gasteiger partial charge in [0, 0.05) is 11.9 Å². The predicted molar refractivity (Wildman–Crippen MR) is 65.7 cm³/mol. The quantitative estimate of drug-likeness (QED) is 0.856. The number of aliphatic hydroxyl groups is 1. The summed E-state index contributed by atoms with van der Waals surface area (Å²) in [5.41, 5.74) is 3.60. The molecule has 88 valence electrons. The number of imidazole rings is 1. The first-order chi connectivity index (χ1) is 8.38. The highest BCUT2D eigenvalue weighted by molar-refractivity contribution is 5.26. The number of aryl methyl sites for hydroxylation is 1. The molecule has 1 aliphatic rings. The number of hydrogen-bond donors (Lipinski definition) is 1. The molecule has 0 saturated heterocycles. The Morgan fingerprint density at radius 3 is 2.88 bits per heavy atom. The van der Waals surface area contributed by atoms with E-state index in [0.717, 1.165) is 12.0 Å². The first-order valence-corrected chi connectivity index (χ1v) is 6.09. The summed E-state index contributed by atoms with van der Waals surface area (Å²) in [5, 5.41) is 9.05. The van der Waals surface area contributed by atoms with E-state index in [4.69, 9.17) is 5.11 Å². The van der Waals surface area contributed by atoms with Crippen LogP contribution in [0.25, 0.3) is 0 Å². The van der Waals surface area contributed by atoms with Crippen molar-refractivity contribution in [1.82, 2.24) is 9.55 Å². The zero-order valence-corrected chi connectivity index (χ0v) is 9.71. The zero-order valence-electron chi connectivity index (χ0n) is 9.71. The maximum Gasteiger partial charge on any atom is 0.0953 e. The topological polar surface area (TPSA) is 38.1 Å². The Kier molecular flexibility index (Phi) is 2.69. The van der Waals surface area contributed by atoms with Crippen LogP contribution in [0.15, 0.2) is 36.8 Å². The molecule has 3 rings (SSSR count). The van der Waals surface area contributed by atoms with Crippen molar-refractivity contribution in [3.05, 3.63) is 53.6 Å². The van der Waals surface area contributed by atoms with E-state index < -0.39 is 0 Å². The van der Waals surface area contributed by atoms with Gasteiger partial charge in [0.05, 0.1) is 19.0 Å². The van der Waals surface area contributed by atoms with E-state index in [0.29, 0.717) is 6.04 Å². The number of hydrogen-bond acceptors (Lipinski definition) is 2. The van der Waals surface area contributed by atoms with Crippen molar-refractivity contribution >= 4 is 0 Å². The monoisotopic (exact) mass is 228 g/mol. The number of fused-ring (bicyclic) bond motifs is 1. The fraction of sp³-hybridized carbons (Fsp3) is 0.357. The molecule has 1 atom stereocenters. The van der Waals surface area contributed by atoms with Gasteiger partial charge in [0.1, 0.15) is 0 Å². The zero-order chi connectivity index (χ0) is 11.7. The lowest BCUT2D eigenvalue weighted by atomic mass is 9.96. The Bertz CT molecular complexity index is 501. The van der Waals surface area contributed by atoms with E-state index in [2.05, 4.69) is 21.7 Å². The van der Waals surface area contributed by atoms with Gasteiger partial charge < -0.3 is 9.67 Å². The molecule has 1 aromatic heterocycles. The molecule has 2 aromatic rings. The van der Waals surface area contributed by atoms with Crippen molar-refractivity contribution < 1.29 is 5.11 Å². The molecule has 0 radical (unpaired) electrons. The third kappa shape index (κ3) is 1.87. The molecule has 3 nitrogen and oxygen atoms in total. The molecular formula is C14H16N2O. The Morgan fingerprint density at radius 1 is 1.29 bits per heavy atom. The largest absolute Gasteiger partial charge is 0.392 e. The van der Waals surface area contributed by atoms with E-state index >= 15 is 0 Å². The minimum atomic E-state index is 0.112. The van der Waals surface area contributed by atoms with Crippen LogP contribution < -0.4 is 0 Å². The van der Waals surface area contributed by atoms with Crippen molar-refractivity contribution in [2.24, 2.45) is 0 Å². The molecule has 1 aliphatic heterocycles. The third-order valence-corrected chi connectivity index (χ3v) is 3.54. The van der Waals surface area contributed by atoms with Gasteiger partial charge in [-0.2, -0.15) is 0 Å². The molecule has 2 heterocycles. The number of nitrogens with zero attached hydrogens (tertiary/aromatic N) is 2. The average molecular weight is 228 g/mol. The lowest BCUT2D eigenvalue weighted by Crippen LogP contribution is -2.17. The SMILES string of the molecule is OCc1ccc([C@@H]2CCCc3cncn32)cc1. The summed E-state index contributed by atoms with van der Waals surface area (Å²) in [7, 11) is 0. The number of rotatable bonds is 2. The van der Waals surface area contributed by atoms with Crippen molar-refractivity contribution in [1.29, 1.82) is 0 Å². The van der Waals surface area contributed by atoms with Gasteiger partial charge in [-0.15, -0.1) is 0 Å². The molecular weight excluding hydrogens is 212 g/mol. The highest BCUT2D eigenvalue weighted by Crippen LogP contribution is 2.30. The summed E-state index contributed by atoms with van der Waals surface area (Å²) < 4.78 is 2.28. The minimum Gasteiger partial charge on any atom is -0.392 e. The molecule has 0 unspecified atom stereocenters. The highest BCUT2D eigenvalue weighted by Gasteiger charge is 2.20. The molecule has 17 heavy (non-hydrogen) atoms. The first-order valence-electron chi connectivity index (χ1n) is 6.09. The van der Waals surface area contributed by atoms with Gasteiger partial charge >= 0.3 is 0 Å². The Balaban J connectivity index is 1.95. The normalized spacial score (nSPS) is 19.0. The van der Waals surface area contributed by atoms with Gasteiger partial charge in [0.2, 0.25) is 0 Å². The molecule has 3 heteroatoms. The van der Waals surface area contributed by atoms with E-state index in [1.165, 1.54) is 24.1 Å². The standard InChI is InChI=1S/C14H16N2O/c17-9-11-4-6-12(7-5-11)14-3-1-2-13-8-15-10-16(13)14/h4-8,10,14,17H,1-3,9H2/t14-/m0/s1. The third-order valence-electron chi connectivity index (χ3n) is 3.54. The Labute approximate surface area is 101 Å². The van der Waals surface area contributed by atoms with Crippen LogP contribution in [0.5, 0.6) is 0 Å². The second-order valence-electron chi connectivity index (χ2n) is 4.60. The first kappa shape index (κ1) is 10.5. The van der Waals surface area contributed by atoms with Crippen LogP contribution in [0, 0.1) is 0 Å². The van der Waals surface area contributed by atoms with Crippen LogP contribution in [0.3, 0.4) is 0 Å². The van der Waals surface area contributed by atoms with Crippen molar-refractivity contribution in [2.45, 2.75) is 31.9 Å². The molecule has 0 amide bonds. The van der Waals surface area contributed by atoms with Crippen molar-refractivity contribution in [3.63, 3.8) is 0 Å². The van der Waals surface area contributed by atoms with Crippen LogP contribution in [0.1, 0.15) is 35.7 Å². The maximum absolute atomic E-state index is 9.05. The smallest absolute Gasteiger partial charge is 0.0953 e. The van der Waals surface area contributed by atoms with Crippen LogP contribution in [0.4, 0.5) is 0 Å². The molecule has 0 spiro atoms. The summed E-state index contributed by atoms with van der Waals surface area (Å²) in [6, 6.07) is 8.64. The van der Waals surface area contributed by atoms with Crippen LogP contribution in [0.2, 0.25) is 0 Å². The van der Waals surface area contributed by atoms with Gasteiger partial charge in [0.25, 0.3) is 0 Å². The van der Waals surface area contributed by atoms with Gasteiger partial charge in [-0.25, -0.2) is 4.98 Å². The van der Waals surface area contributed by atoms with Gasteiger partial charge in [-0.3, -0.25) is 0 Å². The Morgan fingerprint density at radius 2 is 2.12 bits per heavy atom. The lowest BCUT2D eigenvalue weighted by Gasteiger charge is -2.26. The number of aliphatic hydroxyl groups excluding tert-OH is 1.